The molecule has 0 aliphatic rings. The van der Waals surface area contributed by atoms with Crippen LogP contribution in [0.1, 0.15) is 21.5 Å². The van der Waals surface area contributed by atoms with Crippen LogP contribution >= 0.6 is 0 Å². The van der Waals surface area contributed by atoms with E-state index in [2.05, 4.69) is 0 Å². The van der Waals surface area contributed by atoms with E-state index in [1.807, 2.05) is 19.1 Å². The molecule has 5 nitrogen and oxygen atoms in total. The summed E-state index contributed by atoms with van der Waals surface area (Å²) in [5, 5.41) is 0.794. The molecule has 5 heteroatoms. The number of para-hydroxylation sites is 1. The zero-order valence-corrected chi connectivity index (χ0v) is 13.4. The minimum atomic E-state index is -0.442. The summed E-state index contributed by atoms with van der Waals surface area (Å²) < 4.78 is 16.3. The molecule has 0 aliphatic carbocycles. The number of carbonyl (C=O) groups excluding carboxylic acids is 1. The monoisotopic (exact) mass is 324 g/mol. The second kappa shape index (κ2) is 6.58. The van der Waals surface area contributed by atoms with Gasteiger partial charge in [0.1, 0.15) is 12.2 Å². The molecule has 1 heterocycles. The first-order valence-corrected chi connectivity index (χ1v) is 7.40. The van der Waals surface area contributed by atoms with Crippen LogP contribution in [0.4, 0.5) is 0 Å². The van der Waals surface area contributed by atoms with Crippen molar-refractivity contribution in [3.63, 3.8) is 0 Å². The van der Waals surface area contributed by atoms with Crippen molar-refractivity contribution in [2.24, 2.45) is 0 Å². The average Bonchev–Trinajstić information content (AvgIpc) is 2.58. The minimum Gasteiger partial charge on any atom is -0.493 e. The highest BCUT2D eigenvalue weighted by Gasteiger charge is 2.12. The molecule has 0 fully saturated rings. The topological polar surface area (TPSA) is 65.7 Å². The molecule has 0 amide bonds. The zero-order valence-electron chi connectivity index (χ0n) is 13.4. The number of fused-ring (bicyclic) bond motifs is 1. The molecule has 0 unspecified atom stereocenters. The summed E-state index contributed by atoms with van der Waals surface area (Å²) in [5.41, 5.74) is 2.14. The van der Waals surface area contributed by atoms with E-state index in [1.54, 1.807) is 24.3 Å². The Bertz CT molecular complexity index is 956. The number of hydrogen-bond acceptors (Lipinski definition) is 5. The highest BCUT2D eigenvalue weighted by molar-refractivity contribution is 5.82. The van der Waals surface area contributed by atoms with Crippen molar-refractivity contribution in [3.8, 4) is 11.5 Å². The van der Waals surface area contributed by atoms with Gasteiger partial charge >= 0.3 is 5.63 Å². The van der Waals surface area contributed by atoms with Crippen molar-refractivity contribution in [2.45, 2.75) is 13.5 Å². The minimum absolute atomic E-state index is 0.117. The van der Waals surface area contributed by atoms with E-state index in [-0.39, 0.29) is 6.61 Å². The molecule has 0 N–H and O–H groups in total. The number of ether oxygens (including phenoxy) is 2. The predicted octanol–water partition coefficient (Wildman–Crippen LogP) is 3.50. The van der Waals surface area contributed by atoms with Gasteiger partial charge in [-0.15, -0.1) is 0 Å². The molecule has 0 saturated carbocycles. The highest BCUT2D eigenvalue weighted by Crippen LogP contribution is 2.31. The Balaban J connectivity index is 2.00. The molecule has 24 heavy (non-hydrogen) atoms. The van der Waals surface area contributed by atoms with Crippen LogP contribution in [0.2, 0.25) is 0 Å². The van der Waals surface area contributed by atoms with Gasteiger partial charge in [-0.25, -0.2) is 4.79 Å². The second-order valence-corrected chi connectivity index (χ2v) is 5.38. The Kier molecular flexibility index (Phi) is 4.33. The Labute approximate surface area is 138 Å². The predicted molar refractivity (Wildman–Crippen MR) is 89.9 cm³/mol. The number of hydrogen-bond donors (Lipinski definition) is 0. The lowest BCUT2D eigenvalue weighted by Gasteiger charge is -2.13. The summed E-state index contributed by atoms with van der Waals surface area (Å²) in [7, 11) is 1.51. The van der Waals surface area contributed by atoms with E-state index in [0.717, 1.165) is 10.9 Å². The maximum absolute atomic E-state index is 11.8. The van der Waals surface area contributed by atoms with Crippen LogP contribution < -0.4 is 15.1 Å². The zero-order chi connectivity index (χ0) is 17.1. The number of methoxy groups -OCH3 is 1. The molecule has 0 spiro atoms. The largest absolute Gasteiger partial charge is 0.493 e. The maximum Gasteiger partial charge on any atom is 0.336 e. The van der Waals surface area contributed by atoms with Gasteiger partial charge in [-0.2, -0.15) is 0 Å². The quantitative estimate of drug-likeness (QED) is 0.531. The van der Waals surface area contributed by atoms with Gasteiger partial charge in [-0.1, -0.05) is 18.2 Å². The molecule has 0 aliphatic heterocycles. The molecular formula is C19H16O5. The molecule has 3 rings (SSSR count). The summed E-state index contributed by atoms with van der Waals surface area (Å²) >= 11 is 0. The Hall–Kier alpha value is -3.08. The van der Waals surface area contributed by atoms with Gasteiger partial charge < -0.3 is 13.9 Å². The summed E-state index contributed by atoms with van der Waals surface area (Å²) in [6, 6.07) is 12.1. The van der Waals surface area contributed by atoms with Gasteiger partial charge in [0.2, 0.25) is 0 Å². The van der Waals surface area contributed by atoms with Crippen LogP contribution in [0.15, 0.2) is 51.7 Å². The van der Waals surface area contributed by atoms with Crippen molar-refractivity contribution < 1.29 is 18.7 Å². The van der Waals surface area contributed by atoms with Crippen molar-refractivity contribution in [1.29, 1.82) is 0 Å². The van der Waals surface area contributed by atoms with Crippen LogP contribution in [0.25, 0.3) is 11.0 Å². The summed E-state index contributed by atoms with van der Waals surface area (Å²) in [6.07, 6.45) is 0.707. The van der Waals surface area contributed by atoms with Gasteiger partial charge in [-0.05, 0) is 30.7 Å². The van der Waals surface area contributed by atoms with E-state index < -0.39 is 5.63 Å². The Morgan fingerprint density at radius 3 is 2.75 bits per heavy atom. The fourth-order valence-electron chi connectivity index (χ4n) is 2.55. The van der Waals surface area contributed by atoms with Crippen molar-refractivity contribution in [1.82, 2.24) is 0 Å². The summed E-state index contributed by atoms with van der Waals surface area (Å²) in [5.74, 6) is 0.811. The first kappa shape index (κ1) is 15.8. The first-order valence-electron chi connectivity index (χ1n) is 7.40. The normalized spacial score (nSPS) is 10.6. The van der Waals surface area contributed by atoms with Crippen LogP contribution in [0.3, 0.4) is 0 Å². The Morgan fingerprint density at radius 1 is 1.17 bits per heavy atom. The van der Waals surface area contributed by atoms with Gasteiger partial charge in [0.05, 0.1) is 12.7 Å². The molecule has 0 radical (unpaired) electrons. The molecule has 122 valence electrons. The standard InChI is InChI=1S/C19H16O5/c1-12-6-7-15-14(9-18(21)24-17(15)8-12)11-23-19-13(10-20)4-3-5-16(19)22-2/h3-10H,11H2,1-2H3. The fourth-order valence-corrected chi connectivity index (χ4v) is 2.55. The van der Waals surface area contributed by atoms with E-state index in [0.29, 0.717) is 34.5 Å². The van der Waals surface area contributed by atoms with Crippen LogP contribution in [-0.2, 0) is 6.61 Å². The van der Waals surface area contributed by atoms with Crippen molar-refractivity contribution in [2.75, 3.05) is 7.11 Å². The molecule has 3 aromatic rings. The third-order valence-electron chi connectivity index (χ3n) is 3.71. The van der Waals surface area contributed by atoms with Gasteiger partial charge in [0, 0.05) is 17.0 Å². The van der Waals surface area contributed by atoms with E-state index in [1.165, 1.54) is 13.2 Å². The number of aryl methyl sites for hydroxylation is 1. The lowest BCUT2D eigenvalue weighted by Crippen LogP contribution is -2.05. The fraction of sp³-hybridized carbons (Fsp3) is 0.158. The van der Waals surface area contributed by atoms with Crippen LogP contribution in [0.5, 0.6) is 11.5 Å². The molecule has 0 bridgehead atoms. The molecule has 2 aromatic carbocycles. The number of carbonyl (C=O) groups is 1. The molecular weight excluding hydrogens is 308 g/mol. The van der Waals surface area contributed by atoms with Gasteiger partial charge in [-0.3, -0.25) is 4.79 Å². The highest BCUT2D eigenvalue weighted by atomic mass is 16.5. The SMILES string of the molecule is COc1cccc(C=O)c1OCc1cc(=O)oc2cc(C)ccc12. The summed E-state index contributed by atoms with van der Waals surface area (Å²) in [6.45, 7) is 2.04. The lowest BCUT2D eigenvalue weighted by atomic mass is 10.1. The van der Waals surface area contributed by atoms with E-state index in [4.69, 9.17) is 13.9 Å². The van der Waals surface area contributed by atoms with Crippen LogP contribution in [-0.4, -0.2) is 13.4 Å². The Morgan fingerprint density at radius 2 is 2.00 bits per heavy atom. The van der Waals surface area contributed by atoms with E-state index >= 15 is 0 Å². The number of rotatable bonds is 5. The van der Waals surface area contributed by atoms with Crippen molar-refractivity contribution >= 4 is 17.3 Å². The lowest BCUT2D eigenvalue weighted by molar-refractivity contribution is 0.111. The second-order valence-electron chi connectivity index (χ2n) is 5.38. The molecule has 0 saturated heterocycles. The third-order valence-corrected chi connectivity index (χ3v) is 3.71. The maximum atomic E-state index is 11.8. The average molecular weight is 324 g/mol. The molecule has 0 atom stereocenters. The van der Waals surface area contributed by atoms with Gasteiger partial charge in [0.15, 0.2) is 17.8 Å². The number of benzene rings is 2. The first-order chi connectivity index (χ1) is 11.6. The van der Waals surface area contributed by atoms with Gasteiger partial charge in [0.25, 0.3) is 0 Å². The smallest absolute Gasteiger partial charge is 0.336 e. The van der Waals surface area contributed by atoms with Crippen LogP contribution in [0, 0.1) is 6.92 Å². The number of aldehydes is 1. The summed E-state index contributed by atoms with van der Waals surface area (Å²) in [4.78, 5) is 23.0. The van der Waals surface area contributed by atoms with E-state index in [9.17, 15) is 9.59 Å². The molecule has 1 aromatic heterocycles. The third kappa shape index (κ3) is 3.01. The van der Waals surface area contributed by atoms with Crippen molar-refractivity contribution in [3.05, 3.63) is 69.6 Å².